The topological polar surface area (TPSA) is 38.8 Å². The molecule has 1 aliphatic heterocycles. The zero-order chi connectivity index (χ0) is 20.9. The zero-order valence-corrected chi connectivity index (χ0v) is 17.2. The van der Waals surface area contributed by atoms with Crippen molar-refractivity contribution in [1.82, 2.24) is 0 Å². The Morgan fingerprint density at radius 1 is 0.833 bits per heavy atom. The Hall–Kier alpha value is -3.53. The molecule has 0 saturated carbocycles. The second kappa shape index (κ2) is 8.87. The summed E-state index contributed by atoms with van der Waals surface area (Å²) in [5, 5.41) is 0. The van der Waals surface area contributed by atoms with Gasteiger partial charge in [-0.05, 0) is 53.9 Å². The van der Waals surface area contributed by atoms with Crippen molar-refractivity contribution in [3.05, 3.63) is 102 Å². The number of carbonyl (C=O) groups is 1. The van der Waals surface area contributed by atoms with Crippen molar-refractivity contribution in [1.29, 1.82) is 0 Å². The number of hydrogen-bond donors (Lipinski definition) is 0. The van der Waals surface area contributed by atoms with Crippen LogP contribution in [0, 0.1) is 5.92 Å². The molecule has 1 aliphatic rings. The van der Waals surface area contributed by atoms with Crippen LogP contribution in [0.2, 0.25) is 0 Å². The molecule has 0 aromatic heterocycles. The van der Waals surface area contributed by atoms with E-state index in [1.54, 1.807) is 14.2 Å². The molecule has 1 fully saturated rings. The van der Waals surface area contributed by atoms with E-state index in [9.17, 15) is 4.79 Å². The van der Waals surface area contributed by atoms with E-state index in [4.69, 9.17) is 9.47 Å². The zero-order valence-electron chi connectivity index (χ0n) is 17.2. The maximum Gasteiger partial charge on any atom is 0.236 e. The van der Waals surface area contributed by atoms with Crippen molar-refractivity contribution < 1.29 is 14.3 Å². The smallest absolute Gasteiger partial charge is 0.236 e. The average molecular weight is 399 g/mol. The number of rotatable bonds is 7. The summed E-state index contributed by atoms with van der Waals surface area (Å²) in [5.74, 6) is 1.48. The maximum atomic E-state index is 13.1. The van der Waals surface area contributed by atoms with Crippen LogP contribution in [0.1, 0.15) is 17.2 Å². The Kier molecular flexibility index (Phi) is 5.84. The predicted octanol–water partition coefficient (Wildman–Crippen LogP) is 5.21. The highest BCUT2D eigenvalue weighted by Gasteiger charge is 2.47. The fraction of sp³-hybridized carbons (Fsp3) is 0.192. The van der Waals surface area contributed by atoms with Gasteiger partial charge < -0.3 is 14.4 Å². The molecular weight excluding hydrogens is 374 g/mol. The fourth-order valence-corrected chi connectivity index (χ4v) is 3.85. The van der Waals surface area contributed by atoms with Crippen LogP contribution in [0.4, 0.5) is 5.69 Å². The lowest BCUT2D eigenvalue weighted by molar-refractivity contribution is -0.128. The van der Waals surface area contributed by atoms with Crippen LogP contribution in [0.3, 0.4) is 0 Å². The summed E-state index contributed by atoms with van der Waals surface area (Å²) in [6.07, 6.45) is 4.95. The third-order valence-electron chi connectivity index (χ3n) is 5.49. The molecule has 2 atom stereocenters. The average Bonchev–Trinajstić information content (AvgIpc) is 2.81. The number of hydrogen-bond acceptors (Lipinski definition) is 3. The molecule has 1 heterocycles. The van der Waals surface area contributed by atoms with Crippen LogP contribution >= 0.6 is 0 Å². The van der Waals surface area contributed by atoms with Gasteiger partial charge in [-0.25, -0.2) is 0 Å². The second-order valence-electron chi connectivity index (χ2n) is 7.27. The van der Waals surface area contributed by atoms with Gasteiger partial charge in [0, 0.05) is 5.69 Å². The second-order valence-corrected chi connectivity index (χ2v) is 7.27. The van der Waals surface area contributed by atoms with Crippen LogP contribution < -0.4 is 14.4 Å². The van der Waals surface area contributed by atoms with Gasteiger partial charge in [-0.15, -0.1) is 0 Å². The van der Waals surface area contributed by atoms with Gasteiger partial charge >= 0.3 is 0 Å². The van der Waals surface area contributed by atoms with Gasteiger partial charge in [0.25, 0.3) is 0 Å². The van der Waals surface area contributed by atoms with E-state index in [0.717, 1.165) is 29.2 Å². The SMILES string of the molecule is COc1ccc([C@@H]2[C@@H](/C=C\Cc3ccccc3)C(=O)N2c2ccc(OC)cc2)cc1. The number of benzene rings is 3. The van der Waals surface area contributed by atoms with Gasteiger partial charge in [0.1, 0.15) is 11.5 Å². The largest absolute Gasteiger partial charge is 0.497 e. The Balaban J connectivity index is 1.60. The lowest BCUT2D eigenvalue weighted by Crippen LogP contribution is -2.54. The Labute approximate surface area is 177 Å². The van der Waals surface area contributed by atoms with Gasteiger partial charge in [0.15, 0.2) is 0 Å². The van der Waals surface area contributed by atoms with Gasteiger partial charge in [0.2, 0.25) is 5.91 Å². The summed E-state index contributed by atoms with van der Waals surface area (Å²) in [6, 6.07) is 25.8. The first-order valence-corrected chi connectivity index (χ1v) is 10.0. The Morgan fingerprint density at radius 2 is 1.43 bits per heavy atom. The van der Waals surface area contributed by atoms with Crippen molar-refractivity contribution in [3.63, 3.8) is 0 Å². The molecule has 0 spiro atoms. The van der Waals surface area contributed by atoms with E-state index < -0.39 is 0 Å². The summed E-state index contributed by atoms with van der Waals surface area (Å²) in [5.41, 5.74) is 3.18. The van der Waals surface area contributed by atoms with Gasteiger partial charge in [-0.1, -0.05) is 54.6 Å². The number of anilines is 1. The minimum atomic E-state index is -0.191. The van der Waals surface area contributed by atoms with E-state index in [1.807, 2.05) is 77.7 Å². The molecular formula is C26H25NO3. The monoisotopic (exact) mass is 399 g/mol. The highest BCUT2D eigenvalue weighted by Crippen LogP contribution is 2.44. The number of carbonyl (C=O) groups excluding carboxylic acids is 1. The van der Waals surface area contributed by atoms with Crippen LogP contribution in [0.15, 0.2) is 91.0 Å². The van der Waals surface area contributed by atoms with E-state index in [2.05, 4.69) is 18.2 Å². The van der Waals surface area contributed by atoms with E-state index in [0.29, 0.717) is 0 Å². The third-order valence-corrected chi connectivity index (χ3v) is 5.49. The van der Waals surface area contributed by atoms with Crippen molar-refractivity contribution in [3.8, 4) is 11.5 Å². The lowest BCUT2D eigenvalue weighted by atomic mass is 9.81. The maximum absolute atomic E-state index is 13.1. The van der Waals surface area contributed by atoms with Crippen LogP contribution in [0.5, 0.6) is 11.5 Å². The van der Waals surface area contributed by atoms with Crippen molar-refractivity contribution in [2.45, 2.75) is 12.5 Å². The molecule has 0 bridgehead atoms. The molecule has 3 aromatic rings. The fourth-order valence-electron chi connectivity index (χ4n) is 3.85. The summed E-state index contributed by atoms with van der Waals surface area (Å²) in [7, 11) is 3.29. The molecule has 30 heavy (non-hydrogen) atoms. The number of methoxy groups -OCH3 is 2. The molecule has 0 unspecified atom stereocenters. The number of β-lactam (4-membered cyclic amide) rings is 1. The third kappa shape index (κ3) is 3.94. The minimum Gasteiger partial charge on any atom is -0.497 e. The van der Waals surface area contributed by atoms with Crippen molar-refractivity contribution in [2.75, 3.05) is 19.1 Å². The van der Waals surface area contributed by atoms with Crippen LogP contribution in [0.25, 0.3) is 0 Å². The summed E-state index contributed by atoms with van der Waals surface area (Å²) in [4.78, 5) is 14.9. The summed E-state index contributed by atoms with van der Waals surface area (Å²) >= 11 is 0. The van der Waals surface area contributed by atoms with Gasteiger partial charge in [0.05, 0.1) is 26.2 Å². The molecule has 152 valence electrons. The van der Waals surface area contributed by atoms with Gasteiger partial charge in [-0.2, -0.15) is 0 Å². The number of ether oxygens (including phenoxy) is 2. The van der Waals surface area contributed by atoms with Gasteiger partial charge in [-0.3, -0.25) is 4.79 Å². The molecule has 3 aromatic carbocycles. The van der Waals surface area contributed by atoms with Crippen LogP contribution in [-0.2, 0) is 11.2 Å². The van der Waals surface area contributed by atoms with Crippen LogP contribution in [-0.4, -0.2) is 20.1 Å². The molecule has 1 amide bonds. The molecule has 0 aliphatic carbocycles. The molecule has 0 radical (unpaired) electrons. The predicted molar refractivity (Wildman–Crippen MR) is 119 cm³/mol. The van der Waals surface area contributed by atoms with Crippen molar-refractivity contribution in [2.24, 2.45) is 5.92 Å². The molecule has 4 nitrogen and oxygen atoms in total. The lowest BCUT2D eigenvalue weighted by Gasteiger charge is -2.46. The first-order chi connectivity index (χ1) is 14.7. The summed E-state index contributed by atoms with van der Waals surface area (Å²) < 4.78 is 10.5. The molecule has 4 heteroatoms. The standard InChI is InChI=1S/C26H25NO3/c1-29-22-15-11-20(12-16-22)25-24(10-6-9-19-7-4-3-5-8-19)26(28)27(25)21-13-17-23(30-2)18-14-21/h3-8,10-18,24-25H,9H2,1-2H3/b10-6-/t24-,25-/m1/s1. The number of amides is 1. The molecule has 0 N–H and O–H groups in total. The normalized spacial score (nSPS) is 18.3. The Morgan fingerprint density at radius 3 is 2.03 bits per heavy atom. The highest BCUT2D eigenvalue weighted by molar-refractivity contribution is 6.04. The first-order valence-electron chi connectivity index (χ1n) is 10.0. The highest BCUT2D eigenvalue weighted by atomic mass is 16.5. The van der Waals surface area contributed by atoms with E-state index in [-0.39, 0.29) is 17.9 Å². The molecule has 4 rings (SSSR count). The first kappa shape index (κ1) is 19.8. The summed E-state index contributed by atoms with van der Waals surface area (Å²) in [6.45, 7) is 0. The van der Waals surface area contributed by atoms with Crippen molar-refractivity contribution >= 4 is 11.6 Å². The number of allylic oxidation sites excluding steroid dienone is 1. The molecule has 1 saturated heterocycles. The Bertz CT molecular complexity index is 1010. The number of nitrogens with zero attached hydrogens (tertiary/aromatic N) is 1. The quantitative estimate of drug-likeness (QED) is 0.405. The van der Waals surface area contributed by atoms with E-state index >= 15 is 0 Å². The van der Waals surface area contributed by atoms with E-state index in [1.165, 1.54) is 5.56 Å². The minimum absolute atomic E-state index is 0.0520.